The molecule has 1 saturated carbocycles. The van der Waals surface area contributed by atoms with Gasteiger partial charge in [-0.1, -0.05) is 48.0 Å². The lowest BCUT2D eigenvalue weighted by Gasteiger charge is -2.20. The first-order valence-electron chi connectivity index (χ1n) is 11.0. The zero-order valence-corrected chi connectivity index (χ0v) is 21.8. The number of carboxylic acid groups (broad SMARTS) is 1. The Hall–Kier alpha value is -2.27. The van der Waals surface area contributed by atoms with E-state index in [1.165, 1.54) is 6.07 Å². The number of nitrogens with zero attached hydrogens (tertiary/aromatic N) is 1. The van der Waals surface area contributed by atoms with Crippen LogP contribution in [0.5, 0.6) is 0 Å². The fraction of sp³-hybridized carbons (Fsp3) is 0.320. The number of benzene rings is 2. The molecule has 1 aliphatic carbocycles. The molecule has 35 heavy (non-hydrogen) atoms. The predicted molar refractivity (Wildman–Crippen MR) is 137 cm³/mol. The van der Waals surface area contributed by atoms with Crippen molar-refractivity contribution in [3.8, 4) is 10.4 Å². The van der Waals surface area contributed by atoms with Gasteiger partial charge < -0.3 is 9.84 Å². The average molecular weight is 535 g/mol. The van der Waals surface area contributed by atoms with Crippen molar-refractivity contribution in [2.24, 2.45) is 0 Å². The lowest BCUT2D eigenvalue weighted by atomic mass is 10.00. The molecule has 7 nitrogen and oxygen atoms in total. The van der Waals surface area contributed by atoms with Crippen LogP contribution in [0.4, 0.5) is 0 Å². The van der Waals surface area contributed by atoms with Crippen molar-refractivity contribution in [3.05, 3.63) is 76.8 Å². The number of nitrogens with one attached hydrogen (secondary N) is 1. The largest absolute Gasteiger partial charge is 0.480 e. The van der Waals surface area contributed by atoms with Gasteiger partial charge in [-0.2, -0.15) is 4.72 Å². The van der Waals surface area contributed by atoms with Crippen molar-refractivity contribution < 1.29 is 23.1 Å². The van der Waals surface area contributed by atoms with Crippen LogP contribution in [0.15, 0.2) is 64.9 Å². The molecule has 0 aliphatic heterocycles. The van der Waals surface area contributed by atoms with E-state index in [9.17, 15) is 18.3 Å². The standard InChI is InChI=1S/C25H27ClN2O5S2/c1-28(13-14-33-2)16-18-5-3-4-6-20(18)21-15-25(21,24(29)30)27-35(31,32)23-12-11-22(34-23)17-7-9-19(26)10-8-17/h3-12,21,27H,13-16H2,1-2H3,(H,29,30). The van der Waals surface area contributed by atoms with E-state index in [1.807, 2.05) is 43.4 Å². The van der Waals surface area contributed by atoms with Gasteiger partial charge in [0.1, 0.15) is 9.75 Å². The third-order valence-electron chi connectivity index (χ3n) is 6.18. The van der Waals surface area contributed by atoms with Gasteiger partial charge in [-0.25, -0.2) is 8.42 Å². The van der Waals surface area contributed by atoms with Crippen LogP contribution >= 0.6 is 22.9 Å². The smallest absolute Gasteiger partial charge is 0.325 e. The van der Waals surface area contributed by atoms with Gasteiger partial charge in [0, 0.05) is 36.0 Å². The highest BCUT2D eigenvalue weighted by Crippen LogP contribution is 2.53. The lowest BCUT2D eigenvalue weighted by Crippen LogP contribution is -2.44. The average Bonchev–Trinajstić information content (AvgIpc) is 3.30. The van der Waals surface area contributed by atoms with Crippen LogP contribution in [0.25, 0.3) is 10.4 Å². The Kier molecular flexibility index (Phi) is 7.65. The van der Waals surface area contributed by atoms with E-state index in [-0.39, 0.29) is 10.6 Å². The molecular weight excluding hydrogens is 508 g/mol. The summed E-state index contributed by atoms with van der Waals surface area (Å²) in [6, 6.07) is 17.9. The summed E-state index contributed by atoms with van der Waals surface area (Å²) in [5.41, 5.74) is 1.07. The quantitative estimate of drug-likeness (QED) is 0.378. The Balaban J connectivity index is 1.56. The van der Waals surface area contributed by atoms with Crippen LogP contribution in [-0.2, 0) is 26.1 Å². The number of likely N-dealkylation sites (N-methyl/N-ethyl adjacent to an activating group) is 1. The summed E-state index contributed by atoms with van der Waals surface area (Å²) in [7, 11) is -0.443. The maximum absolute atomic E-state index is 13.2. The Bertz CT molecular complexity index is 1310. The number of halogens is 1. The Morgan fingerprint density at radius 1 is 1.20 bits per heavy atom. The fourth-order valence-electron chi connectivity index (χ4n) is 4.19. The molecule has 2 N–H and O–H groups in total. The topological polar surface area (TPSA) is 95.9 Å². The molecule has 10 heteroatoms. The minimum atomic E-state index is -4.05. The Labute approximate surface area is 214 Å². The number of thiophene rings is 1. The van der Waals surface area contributed by atoms with Gasteiger partial charge in [0.25, 0.3) is 10.0 Å². The van der Waals surface area contributed by atoms with Crippen molar-refractivity contribution in [3.63, 3.8) is 0 Å². The van der Waals surface area contributed by atoms with Gasteiger partial charge >= 0.3 is 5.97 Å². The number of ether oxygens (including phenoxy) is 1. The molecule has 2 aromatic carbocycles. The summed E-state index contributed by atoms with van der Waals surface area (Å²) in [4.78, 5) is 15.2. The minimum absolute atomic E-state index is 0.0707. The molecule has 4 rings (SSSR count). The zero-order chi connectivity index (χ0) is 25.2. The molecule has 1 aromatic heterocycles. The summed E-state index contributed by atoms with van der Waals surface area (Å²) >= 11 is 7.04. The monoisotopic (exact) mass is 534 g/mol. The molecule has 2 unspecified atom stereocenters. The van der Waals surface area contributed by atoms with Gasteiger partial charge in [-0.3, -0.25) is 9.69 Å². The molecule has 186 valence electrons. The molecule has 0 amide bonds. The van der Waals surface area contributed by atoms with E-state index < -0.39 is 27.4 Å². The van der Waals surface area contributed by atoms with E-state index in [4.69, 9.17) is 16.3 Å². The molecule has 1 heterocycles. The van der Waals surface area contributed by atoms with Crippen molar-refractivity contribution in [2.75, 3.05) is 27.3 Å². The van der Waals surface area contributed by atoms with Gasteiger partial charge in [0.05, 0.1) is 6.61 Å². The van der Waals surface area contributed by atoms with Gasteiger partial charge in [-0.05, 0) is 54.4 Å². The van der Waals surface area contributed by atoms with Crippen LogP contribution in [-0.4, -0.2) is 57.2 Å². The van der Waals surface area contributed by atoms with E-state index in [2.05, 4.69) is 9.62 Å². The molecule has 0 bridgehead atoms. The summed E-state index contributed by atoms with van der Waals surface area (Å²) in [6.07, 6.45) is 0.190. The Morgan fingerprint density at radius 3 is 2.60 bits per heavy atom. The van der Waals surface area contributed by atoms with Crippen molar-refractivity contribution >= 4 is 38.9 Å². The molecule has 3 aromatic rings. The number of hydrogen-bond donors (Lipinski definition) is 2. The fourth-order valence-corrected chi connectivity index (χ4v) is 7.03. The molecule has 1 aliphatic rings. The summed E-state index contributed by atoms with van der Waals surface area (Å²) in [5.74, 6) is -1.64. The first kappa shape index (κ1) is 25.8. The number of carboxylic acids is 1. The molecule has 0 spiro atoms. The second-order valence-corrected chi connectivity index (χ2v) is 12.1. The van der Waals surface area contributed by atoms with Gasteiger partial charge in [0.2, 0.25) is 0 Å². The van der Waals surface area contributed by atoms with Crippen LogP contribution < -0.4 is 4.72 Å². The number of sulfonamides is 1. The van der Waals surface area contributed by atoms with E-state index in [0.29, 0.717) is 18.2 Å². The zero-order valence-electron chi connectivity index (χ0n) is 19.4. The molecular formula is C25H27ClN2O5S2. The maximum Gasteiger partial charge on any atom is 0.325 e. The second-order valence-electron chi connectivity index (χ2n) is 8.69. The van der Waals surface area contributed by atoms with E-state index in [0.717, 1.165) is 39.4 Å². The highest BCUT2D eigenvalue weighted by atomic mass is 35.5. The highest BCUT2D eigenvalue weighted by molar-refractivity contribution is 7.91. The van der Waals surface area contributed by atoms with E-state index in [1.54, 1.807) is 25.3 Å². The van der Waals surface area contributed by atoms with Crippen LogP contribution in [0.2, 0.25) is 5.02 Å². The molecule has 2 atom stereocenters. The minimum Gasteiger partial charge on any atom is -0.480 e. The molecule has 0 saturated heterocycles. The van der Waals surface area contributed by atoms with Crippen LogP contribution in [0.3, 0.4) is 0 Å². The number of hydrogen-bond acceptors (Lipinski definition) is 6. The van der Waals surface area contributed by atoms with Crippen molar-refractivity contribution in [1.29, 1.82) is 0 Å². The second kappa shape index (κ2) is 10.4. The first-order valence-corrected chi connectivity index (χ1v) is 13.7. The highest BCUT2D eigenvalue weighted by Gasteiger charge is 2.63. The normalized spacial score (nSPS) is 19.7. The third-order valence-corrected chi connectivity index (χ3v) is 9.57. The molecule has 1 fully saturated rings. The lowest BCUT2D eigenvalue weighted by molar-refractivity contribution is -0.140. The van der Waals surface area contributed by atoms with Crippen LogP contribution in [0.1, 0.15) is 23.5 Å². The van der Waals surface area contributed by atoms with Gasteiger partial charge in [0.15, 0.2) is 0 Å². The number of methoxy groups -OCH3 is 1. The number of aliphatic carboxylic acids is 1. The predicted octanol–water partition coefficient (Wildman–Crippen LogP) is 4.44. The summed E-state index contributed by atoms with van der Waals surface area (Å²) in [6.45, 7) is 1.91. The third kappa shape index (κ3) is 5.61. The number of rotatable bonds is 11. The molecule has 0 radical (unpaired) electrons. The Morgan fingerprint density at radius 2 is 1.91 bits per heavy atom. The van der Waals surface area contributed by atoms with Crippen LogP contribution in [0, 0.1) is 0 Å². The first-order chi connectivity index (χ1) is 16.7. The SMILES string of the molecule is COCCN(C)Cc1ccccc1C1CC1(NS(=O)(=O)c1ccc(-c2ccc(Cl)cc2)s1)C(=O)O. The van der Waals surface area contributed by atoms with E-state index >= 15 is 0 Å². The van der Waals surface area contributed by atoms with Crippen molar-refractivity contribution in [1.82, 2.24) is 9.62 Å². The summed E-state index contributed by atoms with van der Waals surface area (Å²) in [5, 5.41) is 10.7. The maximum atomic E-state index is 13.2. The van der Waals surface area contributed by atoms with Crippen molar-refractivity contribution in [2.45, 2.75) is 28.6 Å². The van der Waals surface area contributed by atoms with Gasteiger partial charge in [-0.15, -0.1) is 11.3 Å². The summed E-state index contributed by atoms with van der Waals surface area (Å²) < 4.78 is 34.2. The number of carbonyl (C=O) groups is 1.